The number of piperidine rings is 1. The normalized spacial score (nSPS) is 16.4. The van der Waals surface area contributed by atoms with E-state index in [4.69, 9.17) is 4.74 Å². The highest BCUT2D eigenvalue weighted by molar-refractivity contribution is 6.05. The SMILES string of the molecule is COc1ccc2c(=O)n(-c3cc(F)cc4c3ccn4C3CC3)cc(C(=O)N3CCCCC3)c2n1. The van der Waals surface area contributed by atoms with Gasteiger partial charge in [-0.1, -0.05) is 0 Å². The van der Waals surface area contributed by atoms with Crippen LogP contribution in [-0.2, 0) is 0 Å². The zero-order valence-electron chi connectivity index (χ0n) is 19.0. The molecule has 1 amide bonds. The number of carbonyl (C=O) groups is 1. The molecular formula is C26H25FN4O3. The number of ether oxygens (including phenoxy) is 1. The molecule has 34 heavy (non-hydrogen) atoms. The van der Waals surface area contributed by atoms with E-state index in [1.54, 1.807) is 17.0 Å². The Kier molecular flexibility index (Phi) is 4.90. The number of aromatic nitrogens is 3. The summed E-state index contributed by atoms with van der Waals surface area (Å²) in [6.07, 6.45) is 8.58. The lowest BCUT2D eigenvalue weighted by atomic mass is 10.1. The minimum Gasteiger partial charge on any atom is -0.481 e. The van der Waals surface area contributed by atoms with Gasteiger partial charge in [0.1, 0.15) is 5.82 Å². The minimum absolute atomic E-state index is 0.178. The van der Waals surface area contributed by atoms with E-state index >= 15 is 0 Å². The fourth-order valence-electron chi connectivity index (χ4n) is 4.99. The summed E-state index contributed by atoms with van der Waals surface area (Å²) < 4.78 is 23.5. The number of likely N-dealkylation sites (tertiary alicyclic amines) is 1. The van der Waals surface area contributed by atoms with Crippen LogP contribution in [0, 0.1) is 5.82 Å². The first-order valence-electron chi connectivity index (χ1n) is 11.8. The van der Waals surface area contributed by atoms with Crippen LogP contribution in [0.25, 0.3) is 27.5 Å². The van der Waals surface area contributed by atoms with Crippen molar-refractivity contribution in [3.8, 4) is 11.6 Å². The van der Waals surface area contributed by atoms with Gasteiger partial charge in [-0.15, -0.1) is 0 Å². The van der Waals surface area contributed by atoms with Gasteiger partial charge in [0.05, 0.1) is 34.8 Å². The Morgan fingerprint density at radius 3 is 2.62 bits per heavy atom. The van der Waals surface area contributed by atoms with Crippen LogP contribution >= 0.6 is 0 Å². The lowest BCUT2D eigenvalue weighted by molar-refractivity contribution is 0.0725. The van der Waals surface area contributed by atoms with Crippen molar-refractivity contribution in [3.05, 3.63) is 64.5 Å². The fourth-order valence-corrected chi connectivity index (χ4v) is 4.99. The van der Waals surface area contributed by atoms with E-state index < -0.39 is 5.82 Å². The first kappa shape index (κ1) is 20.9. The molecule has 0 bridgehead atoms. The van der Waals surface area contributed by atoms with Crippen LogP contribution in [0.2, 0.25) is 0 Å². The summed E-state index contributed by atoms with van der Waals surface area (Å²) in [5.41, 5.74) is 1.44. The van der Waals surface area contributed by atoms with Crippen LogP contribution in [0.1, 0.15) is 48.5 Å². The zero-order chi connectivity index (χ0) is 23.4. The number of hydrogen-bond acceptors (Lipinski definition) is 4. The molecule has 3 aromatic heterocycles. The number of nitrogens with zero attached hydrogens (tertiary/aromatic N) is 4. The summed E-state index contributed by atoms with van der Waals surface area (Å²) in [4.78, 5) is 33.5. The average Bonchev–Trinajstić information content (AvgIpc) is 3.62. The van der Waals surface area contributed by atoms with Crippen LogP contribution in [0.4, 0.5) is 4.39 Å². The molecule has 1 aliphatic carbocycles. The molecule has 2 aliphatic rings. The molecule has 8 heteroatoms. The molecule has 6 rings (SSSR count). The Morgan fingerprint density at radius 2 is 1.88 bits per heavy atom. The predicted molar refractivity (Wildman–Crippen MR) is 127 cm³/mol. The number of methoxy groups -OCH3 is 1. The maximum absolute atomic E-state index is 14.8. The summed E-state index contributed by atoms with van der Waals surface area (Å²) in [7, 11) is 1.50. The van der Waals surface area contributed by atoms with E-state index in [2.05, 4.69) is 9.55 Å². The maximum Gasteiger partial charge on any atom is 0.264 e. The van der Waals surface area contributed by atoms with Gasteiger partial charge >= 0.3 is 0 Å². The molecule has 1 aliphatic heterocycles. The number of hydrogen-bond donors (Lipinski definition) is 0. The van der Waals surface area contributed by atoms with Crippen molar-refractivity contribution in [3.63, 3.8) is 0 Å². The van der Waals surface area contributed by atoms with Crippen LogP contribution in [0.3, 0.4) is 0 Å². The molecule has 1 aromatic carbocycles. The van der Waals surface area contributed by atoms with E-state index in [-0.39, 0.29) is 11.5 Å². The number of amides is 1. The van der Waals surface area contributed by atoms with Crippen molar-refractivity contribution in [1.82, 2.24) is 19.0 Å². The minimum atomic E-state index is -0.424. The van der Waals surface area contributed by atoms with Crippen molar-refractivity contribution in [2.75, 3.05) is 20.2 Å². The molecule has 4 aromatic rings. The van der Waals surface area contributed by atoms with Gasteiger partial charge in [0, 0.05) is 43.0 Å². The summed E-state index contributed by atoms with van der Waals surface area (Å²) in [5.74, 6) is -0.277. The molecule has 7 nitrogen and oxygen atoms in total. The van der Waals surface area contributed by atoms with Gasteiger partial charge in [-0.25, -0.2) is 9.37 Å². The predicted octanol–water partition coefficient (Wildman–Crippen LogP) is 4.45. The molecule has 0 unspecified atom stereocenters. The van der Waals surface area contributed by atoms with Crippen molar-refractivity contribution in [2.24, 2.45) is 0 Å². The molecule has 4 heterocycles. The van der Waals surface area contributed by atoms with Crippen LogP contribution in [0.15, 0.2) is 47.5 Å². The lowest BCUT2D eigenvalue weighted by Gasteiger charge is -2.27. The van der Waals surface area contributed by atoms with Crippen LogP contribution in [0.5, 0.6) is 5.88 Å². The topological polar surface area (TPSA) is 69.4 Å². The van der Waals surface area contributed by atoms with Gasteiger partial charge in [-0.2, -0.15) is 0 Å². The summed E-state index contributed by atoms with van der Waals surface area (Å²) in [5, 5.41) is 1.07. The molecule has 1 saturated heterocycles. The third kappa shape index (κ3) is 3.36. The van der Waals surface area contributed by atoms with Crippen LogP contribution < -0.4 is 10.3 Å². The molecule has 2 fully saturated rings. The van der Waals surface area contributed by atoms with E-state index in [0.29, 0.717) is 47.2 Å². The van der Waals surface area contributed by atoms with Gasteiger partial charge in [0.15, 0.2) is 0 Å². The third-order valence-corrected chi connectivity index (χ3v) is 6.90. The Labute approximate surface area is 195 Å². The van der Waals surface area contributed by atoms with E-state index in [0.717, 1.165) is 43.0 Å². The monoisotopic (exact) mass is 460 g/mol. The number of rotatable bonds is 4. The highest BCUT2D eigenvalue weighted by Crippen LogP contribution is 2.39. The second kappa shape index (κ2) is 7.97. The second-order valence-electron chi connectivity index (χ2n) is 9.13. The highest BCUT2D eigenvalue weighted by atomic mass is 19.1. The molecule has 0 spiro atoms. The standard InChI is InChI=1S/C26H25FN4O3/c1-34-23-8-7-19-24(28-23)20(25(32)29-10-3-2-4-11-29)15-31(26(19)33)22-14-16(27)13-21-18(22)9-12-30(21)17-5-6-17/h7-9,12-15,17H,2-6,10-11H2,1H3. The lowest BCUT2D eigenvalue weighted by Crippen LogP contribution is -2.36. The Hall–Kier alpha value is -3.68. The van der Waals surface area contributed by atoms with Crippen LogP contribution in [-0.4, -0.2) is 45.1 Å². The van der Waals surface area contributed by atoms with E-state index in [1.807, 2.05) is 12.3 Å². The first-order chi connectivity index (χ1) is 16.5. The van der Waals surface area contributed by atoms with Crippen molar-refractivity contribution < 1.29 is 13.9 Å². The first-order valence-corrected chi connectivity index (χ1v) is 11.8. The highest BCUT2D eigenvalue weighted by Gasteiger charge is 2.27. The zero-order valence-corrected chi connectivity index (χ0v) is 19.0. The van der Waals surface area contributed by atoms with Crippen molar-refractivity contribution >= 4 is 27.7 Å². The van der Waals surface area contributed by atoms with Gasteiger partial charge in [0.2, 0.25) is 5.88 Å². The molecule has 0 N–H and O–H groups in total. The molecular weight excluding hydrogens is 435 g/mol. The summed E-state index contributed by atoms with van der Waals surface area (Å²) in [6, 6.07) is 8.38. The quantitative estimate of drug-likeness (QED) is 0.451. The van der Waals surface area contributed by atoms with Gasteiger partial charge in [0.25, 0.3) is 11.5 Å². The van der Waals surface area contributed by atoms with E-state index in [1.165, 1.54) is 30.0 Å². The Morgan fingerprint density at radius 1 is 1.09 bits per heavy atom. The number of benzene rings is 1. The van der Waals surface area contributed by atoms with Crippen molar-refractivity contribution in [1.29, 1.82) is 0 Å². The summed E-state index contributed by atoms with van der Waals surface area (Å²) >= 11 is 0. The van der Waals surface area contributed by atoms with E-state index in [9.17, 15) is 14.0 Å². The molecule has 0 radical (unpaired) electrons. The molecule has 1 saturated carbocycles. The number of pyridine rings is 2. The number of halogens is 1. The third-order valence-electron chi connectivity index (χ3n) is 6.90. The van der Waals surface area contributed by atoms with Gasteiger partial charge < -0.3 is 14.2 Å². The number of carbonyl (C=O) groups excluding carboxylic acids is 1. The van der Waals surface area contributed by atoms with Crippen molar-refractivity contribution in [2.45, 2.75) is 38.1 Å². The molecule has 174 valence electrons. The number of fused-ring (bicyclic) bond motifs is 2. The Bertz CT molecular complexity index is 1500. The smallest absolute Gasteiger partial charge is 0.264 e. The van der Waals surface area contributed by atoms with Gasteiger partial charge in [-0.3, -0.25) is 14.2 Å². The largest absolute Gasteiger partial charge is 0.481 e. The van der Waals surface area contributed by atoms with Gasteiger partial charge in [-0.05, 0) is 56.4 Å². The molecule has 0 atom stereocenters. The summed E-state index contributed by atoms with van der Waals surface area (Å²) in [6.45, 7) is 1.33. The second-order valence-corrected chi connectivity index (χ2v) is 9.13. The average molecular weight is 461 g/mol. The maximum atomic E-state index is 14.8. The fraction of sp³-hybridized carbons (Fsp3) is 0.346. The Balaban J connectivity index is 1.61.